The number of anilines is 1. The number of aromatic nitrogens is 1. The third-order valence-corrected chi connectivity index (χ3v) is 6.26. The summed E-state index contributed by atoms with van der Waals surface area (Å²) >= 11 is 5.77. The molecule has 2 N–H and O–H groups in total. The van der Waals surface area contributed by atoms with Gasteiger partial charge in [0.15, 0.2) is 5.11 Å². The zero-order valence-corrected chi connectivity index (χ0v) is 20.3. The summed E-state index contributed by atoms with van der Waals surface area (Å²) in [5.74, 6) is 0.818. The molecule has 1 fully saturated rings. The molecule has 1 atom stereocenters. The first kappa shape index (κ1) is 23.3. The van der Waals surface area contributed by atoms with Crippen molar-refractivity contribution in [3.05, 3.63) is 69.5 Å². The number of nitrogens with one attached hydrogen (secondary N) is 2. The Kier molecular flexibility index (Phi) is 7.30. The van der Waals surface area contributed by atoms with Gasteiger partial charge in [0, 0.05) is 35.3 Å². The summed E-state index contributed by atoms with van der Waals surface area (Å²) in [4.78, 5) is 18.0. The van der Waals surface area contributed by atoms with Gasteiger partial charge in [-0.1, -0.05) is 6.07 Å². The molecule has 6 nitrogen and oxygen atoms in total. The Bertz CT molecular complexity index is 1180. The van der Waals surface area contributed by atoms with Crippen molar-refractivity contribution < 1.29 is 9.47 Å². The second-order valence-electron chi connectivity index (χ2n) is 8.57. The molecule has 3 aromatic rings. The molecule has 0 radical (unpaired) electrons. The number of benzene rings is 2. The predicted octanol–water partition coefficient (Wildman–Crippen LogP) is 4.92. The largest absolute Gasteiger partial charge is 0.494 e. The lowest BCUT2D eigenvalue weighted by molar-refractivity contribution is 0.0904. The number of H-pyrrole nitrogens is 1. The van der Waals surface area contributed by atoms with Crippen molar-refractivity contribution in [2.24, 2.45) is 0 Å². The van der Waals surface area contributed by atoms with E-state index >= 15 is 0 Å². The number of aryl methyl sites for hydroxylation is 2. The van der Waals surface area contributed by atoms with Crippen LogP contribution in [-0.2, 0) is 11.3 Å². The first-order valence-corrected chi connectivity index (χ1v) is 11.9. The molecule has 4 rings (SSSR count). The molecular weight excluding hydrogens is 434 g/mol. The molecule has 0 bridgehead atoms. The highest BCUT2D eigenvalue weighted by Crippen LogP contribution is 2.21. The average Bonchev–Trinajstić information content (AvgIpc) is 3.29. The van der Waals surface area contributed by atoms with Crippen molar-refractivity contribution in [1.82, 2.24) is 9.88 Å². The quantitative estimate of drug-likeness (QED) is 0.483. The molecule has 0 aliphatic carbocycles. The molecule has 7 heteroatoms. The van der Waals surface area contributed by atoms with Crippen molar-refractivity contribution in [1.29, 1.82) is 0 Å². The van der Waals surface area contributed by atoms with Gasteiger partial charge in [0.25, 0.3) is 5.56 Å². The Balaban J connectivity index is 1.58. The van der Waals surface area contributed by atoms with Crippen LogP contribution in [-0.4, -0.2) is 40.9 Å². The summed E-state index contributed by atoms with van der Waals surface area (Å²) in [6.45, 7) is 8.50. The molecule has 2 heterocycles. The van der Waals surface area contributed by atoms with E-state index in [1.165, 1.54) is 0 Å². The van der Waals surface area contributed by atoms with Crippen LogP contribution in [0, 0.1) is 13.8 Å². The van der Waals surface area contributed by atoms with E-state index in [9.17, 15) is 4.79 Å². The highest BCUT2D eigenvalue weighted by Gasteiger charge is 2.22. The molecule has 0 amide bonds. The molecular formula is C26H31N3O3S. The average molecular weight is 466 g/mol. The van der Waals surface area contributed by atoms with E-state index in [1.807, 2.05) is 55.1 Å². The maximum Gasteiger partial charge on any atom is 0.253 e. The molecule has 33 heavy (non-hydrogen) atoms. The monoisotopic (exact) mass is 465 g/mol. The first-order valence-electron chi connectivity index (χ1n) is 11.5. The number of nitrogens with zero attached hydrogens (tertiary/aromatic N) is 1. The third kappa shape index (κ3) is 5.72. The molecule has 1 aromatic heterocycles. The lowest BCUT2D eigenvalue weighted by atomic mass is 10.0. The summed E-state index contributed by atoms with van der Waals surface area (Å²) in [5, 5.41) is 4.93. The van der Waals surface area contributed by atoms with E-state index in [4.69, 9.17) is 21.7 Å². The van der Waals surface area contributed by atoms with E-state index in [1.54, 1.807) is 0 Å². The van der Waals surface area contributed by atoms with Crippen LogP contribution in [0.5, 0.6) is 5.75 Å². The number of hydrogen-bond donors (Lipinski definition) is 2. The summed E-state index contributed by atoms with van der Waals surface area (Å²) < 4.78 is 11.4. The van der Waals surface area contributed by atoms with Crippen LogP contribution in [0.15, 0.2) is 47.3 Å². The summed E-state index contributed by atoms with van der Waals surface area (Å²) in [6, 6.07) is 13.8. The van der Waals surface area contributed by atoms with Gasteiger partial charge in [-0.15, -0.1) is 0 Å². The van der Waals surface area contributed by atoms with Crippen LogP contribution in [0.4, 0.5) is 5.69 Å². The van der Waals surface area contributed by atoms with Crippen LogP contribution >= 0.6 is 12.2 Å². The molecule has 0 saturated carbocycles. The number of aromatic amines is 1. The summed E-state index contributed by atoms with van der Waals surface area (Å²) in [7, 11) is 0. The number of ether oxygens (including phenoxy) is 2. The molecule has 174 valence electrons. The molecule has 1 saturated heterocycles. The van der Waals surface area contributed by atoms with Gasteiger partial charge in [-0.25, -0.2) is 0 Å². The SMILES string of the molecule is CCOc1ccc(NC(=S)N(Cc2cc3c(C)cc(C)cc3[nH]c2=O)C[C@@H]2CCCO2)cc1. The van der Waals surface area contributed by atoms with Crippen LogP contribution in [0.2, 0.25) is 0 Å². The molecule has 1 aliphatic rings. The predicted molar refractivity (Wildman–Crippen MR) is 137 cm³/mol. The van der Waals surface area contributed by atoms with Gasteiger partial charge in [0.1, 0.15) is 5.75 Å². The summed E-state index contributed by atoms with van der Waals surface area (Å²) in [6.07, 6.45) is 2.15. The van der Waals surface area contributed by atoms with Gasteiger partial charge < -0.3 is 24.7 Å². The summed E-state index contributed by atoms with van der Waals surface area (Å²) in [5.41, 5.74) is 4.60. The topological polar surface area (TPSA) is 66.6 Å². The Morgan fingerprint density at radius 3 is 2.73 bits per heavy atom. The van der Waals surface area contributed by atoms with Gasteiger partial charge in [-0.05, 0) is 93.4 Å². The highest BCUT2D eigenvalue weighted by molar-refractivity contribution is 7.80. The lowest BCUT2D eigenvalue weighted by Gasteiger charge is -2.28. The van der Waals surface area contributed by atoms with Crippen LogP contribution in [0.25, 0.3) is 10.9 Å². The van der Waals surface area contributed by atoms with E-state index in [2.05, 4.69) is 23.3 Å². The Hall–Kier alpha value is -2.90. The number of hydrogen-bond acceptors (Lipinski definition) is 4. The molecule has 0 unspecified atom stereocenters. The normalized spacial score (nSPS) is 15.5. The maximum atomic E-state index is 12.9. The van der Waals surface area contributed by atoms with Crippen LogP contribution in [0.3, 0.4) is 0 Å². The van der Waals surface area contributed by atoms with Gasteiger partial charge >= 0.3 is 0 Å². The van der Waals surface area contributed by atoms with E-state index in [-0.39, 0.29) is 11.7 Å². The molecule has 1 aliphatic heterocycles. The smallest absolute Gasteiger partial charge is 0.253 e. The minimum absolute atomic E-state index is 0.0892. The van der Waals surface area contributed by atoms with Crippen molar-refractivity contribution in [3.8, 4) is 5.75 Å². The Morgan fingerprint density at radius 1 is 1.24 bits per heavy atom. The van der Waals surface area contributed by atoms with Gasteiger partial charge in [0.2, 0.25) is 0 Å². The van der Waals surface area contributed by atoms with E-state index in [0.717, 1.165) is 52.9 Å². The van der Waals surface area contributed by atoms with E-state index < -0.39 is 0 Å². The second-order valence-corrected chi connectivity index (χ2v) is 8.96. The van der Waals surface area contributed by atoms with Crippen LogP contribution in [0.1, 0.15) is 36.5 Å². The van der Waals surface area contributed by atoms with Gasteiger partial charge in [0.05, 0.1) is 19.3 Å². The third-order valence-electron chi connectivity index (χ3n) is 5.90. The van der Waals surface area contributed by atoms with E-state index in [0.29, 0.717) is 30.4 Å². The maximum absolute atomic E-state index is 12.9. The van der Waals surface area contributed by atoms with Crippen LogP contribution < -0.4 is 15.6 Å². The van der Waals surface area contributed by atoms with Gasteiger partial charge in [-0.2, -0.15) is 0 Å². The fraction of sp³-hybridized carbons (Fsp3) is 0.385. The number of thiocarbonyl (C=S) groups is 1. The van der Waals surface area contributed by atoms with Crippen molar-refractivity contribution in [2.45, 2.75) is 46.3 Å². The lowest BCUT2D eigenvalue weighted by Crippen LogP contribution is -2.40. The fourth-order valence-electron chi connectivity index (χ4n) is 4.30. The zero-order chi connectivity index (χ0) is 23.4. The number of rotatable bonds is 7. The highest BCUT2D eigenvalue weighted by atomic mass is 32.1. The molecule has 0 spiro atoms. The minimum Gasteiger partial charge on any atom is -0.494 e. The number of pyridine rings is 1. The zero-order valence-electron chi connectivity index (χ0n) is 19.4. The first-order chi connectivity index (χ1) is 15.9. The van der Waals surface area contributed by atoms with Crippen molar-refractivity contribution >= 4 is 33.9 Å². The minimum atomic E-state index is -0.0892. The van der Waals surface area contributed by atoms with Gasteiger partial charge in [-0.3, -0.25) is 4.79 Å². The fourth-order valence-corrected chi connectivity index (χ4v) is 4.55. The second kappa shape index (κ2) is 10.4. The molecule has 2 aromatic carbocycles. The van der Waals surface area contributed by atoms with Crippen molar-refractivity contribution in [2.75, 3.05) is 25.1 Å². The standard InChI is InChI=1S/C26H31N3O3S/c1-4-31-21-9-7-20(8-10-21)27-26(33)29(16-22-6-5-11-32-22)15-19-14-23-18(3)12-17(2)13-24(23)28-25(19)30/h7-10,12-14,22H,4-6,11,15-16H2,1-3H3,(H,27,33)(H,28,30)/t22-/m0/s1. The Morgan fingerprint density at radius 2 is 2.03 bits per heavy atom. The Labute approximate surface area is 199 Å². The number of fused-ring (bicyclic) bond motifs is 1. The van der Waals surface area contributed by atoms with Crippen molar-refractivity contribution in [3.63, 3.8) is 0 Å².